The minimum absolute atomic E-state index is 0.0328. The summed E-state index contributed by atoms with van der Waals surface area (Å²) in [6.07, 6.45) is 4.97. The molecule has 1 unspecified atom stereocenters. The van der Waals surface area contributed by atoms with Crippen molar-refractivity contribution in [2.24, 2.45) is 0 Å². The number of H-pyrrole nitrogens is 1. The number of hydrogen-bond donors (Lipinski definition) is 3. The van der Waals surface area contributed by atoms with Crippen molar-refractivity contribution in [1.82, 2.24) is 30.4 Å². The number of aromatic amines is 1. The first-order valence-electron chi connectivity index (χ1n) is 17.2. The molecule has 1 atom stereocenters. The van der Waals surface area contributed by atoms with Crippen LogP contribution in [0, 0.1) is 12.7 Å². The van der Waals surface area contributed by atoms with Crippen molar-refractivity contribution in [2.45, 2.75) is 63.5 Å². The van der Waals surface area contributed by atoms with Crippen LogP contribution in [0.3, 0.4) is 0 Å². The lowest BCUT2D eigenvalue weighted by Crippen LogP contribution is -2.53. The van der Waals surface area contributed by atoms with E-state index in [4.69, 9.17) is 4.84 Å². The fourth-order valence-electron chi connectivity index (χ4n) is 7.52. The maximum absolute atomic E-state index is 14.0. The number of halogens is 1. The third-order valence-electron chi connectivity index (χ3n) is 10.2. The molecule has 0 saturated carbocycles. The molecule has 3 aliphatic heterocycles. The van der Waals surface area contributed by atoms with Gasteiger partial charge in [-0.05, 0) is 91.5 Å². The zero-order valence-electron chi connectivity index (χ0n) is 27.7. The molecular weight excluding hydrogens is 625 g/mol. The van der Waals surface area contributed by atoms with E-state index in [-0.39, 0.29) is 29.7 Å². The van der Waals surface area contributed by atoms with E-state index in [1.165, 1.54) is 12.1 Å². The molecule has 0 aliphatic carbocycles. The number of benzene rings is 3. The van der Waals surface area contributed by atoms with Crippen molar-refractivity contribution in [1.29, 1.82) is 0 Å². The van der Waals surface area contributed by atoms with Gasteiger partial charge in [-0.25, -0.2) is 14.0 Å². The van der Waals surface area contributed by atoms with Gasteiger partial charge < -0.3 is 25.3 Å². The summed E-state index contributed by atoms with van der Waals surface area (Å²) in [7, 11) is 0. The first-order chi connectivity index (χ1) is 23.8. The third kappa shape index (κ3) is 7.39. The number of hydrogen-bond acceptors (Lipinski definition) is 6. The lowest BCUT2D eigenvalue weighted by molar-refractivity contribution is -0.136. The van der Waals surface area contributed by atoms with Crippen LogP contribution < -0.4 is 10.6 Å². The van der Waals surface area contributed by atoms with E-state index in [2.05, 4.69) is 20.8 Å². The summed E-state index contributed by atoms with van der Waals surface area (Å²) in [6, 6.07) is 17.6. The average molecular weight is 668 g/mol. The van der Waals surface area contributed by atoms with Crippen molar-refractivity contribution < 1.29 is 23.6 Å². The number of nitrogens with zero attached hydrogens (tertiary/aromatic N) is 4. The van der Waals surface area contributed by atoms with Gasteiger partial charge in [0, 0.05) is 56.3 Å². The van der Waals surface area contributed by atoms with E-state index in [9.17, 15) is 18.8 Å². The second kappa shape index (κ2) is 14.3. The Kier molecular flexibility index (Phi) is 9.47. The molecule has 7 rings (SSSR count). The van der Waals surface area contributed by atoms with Crippen molar-refractivity contribution in [3.63, 3.8) is 0 Å². The molecule has 49 heavy (non-hydrogen) atoms. The molecule has 3 aromatic carbocycles. The summed E-state index contributed by atoms with van der Waals surface area (Å²) < 4.78 is 13.5. The zero-order chi connectivity index (χ0) is 33.9. The lowest BCUT2D eigenvalue weighted by Gasteiger charge is -2.37. The number of anilines is 1. The molecule has 3 aliphatic rings. The van der Waals surface area contributed by atoms with E-state index >= 15 is 0 Å². The van der Waals surface area contributed by atoms with Crippen molar-refractivity contribution in [2.75, 3.05) is 38.0 Å². The van der Waals surface area contributed by atoms with E-state index in [0.29, 0.717) is 52.0 Å². The van der Waals surface area contributed by atoms with Crippen molar-refractivity contribution >= 4 is 34.6 Å². The molecule has 4 heterocycles. The second-order valence-corrected chi connectivity index (χ2v) is 13.4. The quantitative estimate of drug-likeness (QED) is 0.239. The molecule has 2 fully saturated rings. The number of hydroxylamine groups is 2. The Morgan fingerprint density at radius 2 is 1.76 bits per heavy atom. The van der Waals surface area contributed by atoms with Crippen LogP contribution >= 0.6 is 0 Å². The lowest BCUT2D eigenvalue weighted by atomic mass is 9.89. The predicted octanol–water partition coefficient (Wildman–Crippen LogP) is 5.52. The number of para-hydroxylation sites is 1. The van der Waals surface area contributed by atoms with Gasteiger partial charge in [0.25, 0.3) is 0 Å². The molecule has 0 radical (unpaired) electrons. The molecule has 12 heteroatoms. The van der Waals surface area contributed by atoms with Crippen LogP contribution in [0.5, 0.6) is 0 Å². The van der Waals surface area contributed by atoms with Crippen molar-refractivity contribution in [3.8, 4) is 0 Å². The Balaban J connectivity index is 0.978. The number of aromatic nitrogens is 2. The standard InChI is InChI=1S/C37H42FN7O4/c1-24-20-25(21-29-23-39-42-34(24)29)22-33(35(46)43-15-10-27(11-16-43)26-6-8-30(38)9-7-26)41-37(48)49-44-17-13-31(14-18-44)45-19-12-28-4-2-3-5-32(28)40-36(45)47/h2-9,20-21,23,27,31,33H,10-19,22H2,1H3,(H,39,42)(H,40,47)(H,41,48). The summed E-state index contributed by atoms with van der Waals surface area (Å²) >= 11 is 0. The van der Waals surface area contributed by atoms with Crippen LogP contribution in [0.4, 0.5) is 19.7 Å². The number of rotatable bonds is 7. The molecule has 0 bridgehead atoms. The molecule has 4 amide bonds. The topological polar surface area (TPSA) is 123 Å². The number of amides is 4. The third-order valence-corrected chi connectivity index (χ3v) is 10.2. The number of fused-ring (bicyclic) bond motifs is 2. The Morgan fingerprint density at radius 1 is 1.00 bits per heavy atom. The highest BCUT2D eigenvalue weighted by Crippen LogP contribution is 2.29. The predicted molar refractivity (Wildman–Crippen MR) is 183 cm³/mol. The molecule has 11 nitrogen and oxygen atoms in total. The number of carbonyl (C=O) groups is 3. The normalized spacial score (nSPS) is 18.4. The van der Waals surface area contributed by atoms with Crippen molar-refractivity contribution in [3.05, 3.63) is 94.9 Å². The number of carbonyl (C=O) groups excluding carboxylic acids is 3. The van der Waals surface area contributed by atoms with Crippen LogP contribution in [0.15, 0.2) is 66.9 Å². The van der Waals surface area contributed by atoms with Gasteiger partial charge in [0.1, 0.15) is 11.9 Å². The summed E-state index contributed by atoms with van der Waals surface area (Å²) in [5.41, 5.74) is 5.90. The fraction of sp³-hybridized carbons (Fsp3) is 0.405. The fourth-order valence-corrected chi connectivity index (χ4v) is 7.52. The van der Waals surface area contributed by atoms with Crippen LogP contribution in [-0.2, 0) is 22.5 Å². The van der Waals surface area contributed by atoms with Gasteiger partial charge in [0.15, 0.2) is 0 Å². The summed E-state index contributed by atoms with van der Waals surface area (Å²) in [6.45, 7) is 4.64. The molecule has 2 saturated heterocycles. The number of likely N-dealkylation sites (tertiary alicyclic amines) is 1. The monoisotopic (exact) mass is 667 g/mol. The summed E-state index contributed by atoms with van der Waals surface area (Å²) in [5.74, 6) is -0.182. The van der Waals surface area contributed by atoms with E-state index in [1.807, 2.05) is 65.3 Å². The van der Waals surface area contributed by atoms with Gasteiger partial charge in [-0.15, -0.1) is 5.06 Å². The Morgan fingerprint density at radius 3 is 2.53 bits per heavy atom. The minimum atomic E-state index is -0.835. The number of aryl methyl sites for hydroxylation is 1. The highest BCUT2D eigenvalue weighted by Gasteiger charge is 2.34. The molecule has 256 valence electrons. The van der Waals surface area contributed by atoms with Gasteiger partial charge in [-0.2, -0.15) is 5.10 Å². The van der Waals surface area contributed by atoms with Gasteiger partial charge in [0.2, 0.25) is 5.91 Å². The van der Waals surface area contributed by atoms with Gasteiger partial charge >= 0.3 is 12.1 Å². The largest absolute Gasteiger partial charge is 0.426 e. The average Bonchev–Trinajstić information content (AvgIpc) is 3.52. The number of urea groups is 1. The van der Waals surface area contributed by atoms with Crippen LogP contribution in [0.25, 0.3) is 10.9 Å². The maximum atomic E-state index is 14.0. The van der Waals surface area contributed by atoms with Gasteiger partial charge in [0.05, 0.1) is 11.7 Å². The summed E-state index contributed by atoms with van der Waals surface area (Å²) in [5, 5.41) is 15.6. The molecule has 3 N–H and O–H groups in total. The van der Waals surface area contributed by atoms with Crippen LogP contribution in [-0.4, -0.2) is 87.9 Å². The van der Waals surface area contributed by atoms with E-state index in [0.717, 1.165) is 58.1 Å². The Hall–Kier alpha value is -4.97. The highest BCUT2D eigenvalue weighted by molar-refractivity contribution is 5.91. The van der Waals surface area contributed by atoms with Crippen LogP contribution in [0.1, 0.15) is 53.9 Å². The number of piperidine rings is 2. The molecule has 1 aromatic heterocycles. The van der Waals surface area contributed by atoms with E-state index in [1.54, 1.807) is 11.3 Å². The van der Waals surface area contributed by atoms with Crippen LogP contribution in [0.2, 0.25) is 0 Å². The summed E-state index contributed by atoms with van der Waals surface area (Å²) in [4.78, 5) is 49.8. The number of nitrogens with one attached hydrogen (secondary N) is 3. The molecule has 0 spiro atoms. The smallest absolute Gasteiger partial charge is 0.351 e. The molecule has 4 aromatic rings. The minimum Gasteiger partial charge on any atom is -0.351 e. The zero-order valence-corrected chi connectivity index (χ0v) is 27.7. The second-order valence-electron chi connectivity index (χ2n) is 13.4. The Bertz CT molecular complexity index is 1810. The van der Waals surface area contributed by atoms with Gasteiger partial charge in [-0.1, -0.05) is 36.4 Å². The molecular formula is C37H42FN7O4. The van der Waals surface area contributed by atoms with E-state index < -0.39 is 12.1 Å². The first-order valence-corrected chi connectivity index (χ1v) is 17.2. The Labute approximate surface area is 284 Å². The maximum Gasteiger partial charge on any atom is 0.426 e. The van der Waals surface area contributed by atoms with Gasteiger partial charge in [-0.3, -0.25) is 9.89 Å². The SMILES string of the molecule is Cc1cc(CC(NC(=O)ON2CCC(N3CCc4ccccc4NC3=O)CC2)C(=O)N2CCC(c3ccc(F)cc3)CC2)cc2cn[nH]c12. The first kappa shape index (κ1) is 32.6. The highest BCUT2D eigenvalue weighted by atomic mass is 19.1.